The summed E-state index contributed by atoms with van der Waals surface area (Å²) in [6, 6.07) is 0. The molecule has 1 heterocycles. The molecule has 0 saturated carbocycles. The number of hydrogen-bond acceptors (Lipinski definition) is 5. The molecule has 1 aliphatic rings. The number of ether oxygens (including phenoxy) is 1. The van der Waals surface area contributed by atoms with Crippen LogP contribution in [0, 0.1) is 0 Å². The number of cyclic esters (lactones) is 1. The van der Waals surface area contributed by atoms with E-state index in [0.29, 0.717) is 0 Å². The van der Waals surface area contributed by atoms with E-state index in [1.54, 1.807) is 0 Å². The lowest BCUT2D eigenvalue weighted by molar-refractivity contribution is -0.177. The average Bonchev–Trinajstić information content (AvgIpc) is 2.37. The lowest BCUT2D eigenvalue weighted by Crippen LogP contribution is -2.29. The highest BCUT2D eigenvalue weighted by Crippen LogP contribution is 2.03. The van der Waals surface area contributed by atoms with Crippen molar-refractivity contribution >= 4 is 12.1 Å². The number of aliphatic hydroxyl groups is 1. The number of aliphatic hydroxyl groups excluding tert-OH is 1. The molecule has 1 rings (SSSR count). The van der Waals surface area contributed by atoms with Gasteiger partial charge in [0.25, 0.3) is 0 Å². The zero-order chi connectivity index (χ0) is 8.27. The number of nitrogens with zero attached hydrogens (tertiary/aromatic N) is 1. The van der Waals surface area contributed by atoms with Crippen LogP contribution in [0.2, 0.25) is 0 Å². The average molecular weight is 161 g/mol. The first-order chi connectivity index (χ1) is 5.24. The first-order valence-corrected chi connectivity index (χ1v) is 3.00. The molecular formula is C5H7NO5. The maximum atomic E-state index is 10.6. The molecule has 1 fully saturated rings. The quantitative estimate of drug-likeness (QED) is 0.555. The zero-order valence-corrected chi connectivity index (χ0v) is 5.65. The monoisotopic (exact) mass is 161 g/mol. The van der Waals surface area contributed by atoms with Gasteiger partial charge in [0.2, 0.25) is 0 Å². The van der Waals surface area contributed by atoms with Crippen LogP contribution in [-0.2, 0) is 14.4 Å². The van der Waals surface area contributed by atoms with E-state index in [9.17, 15) is 9.59 Å². The first-order valence-electron chi connectivity index (χ1n) is 3.00. The maximum Gasteiger partial charge on any atom is 0.443 e. The fourth-order valence-electron chi connectivity index (χ4n) is 0.614. The number of hydrogen-bond donors (Lipinski definition) is 1. The molecule has 0 radical (unpaired) electrons. The number of carbonyl (C=O) groups excluding carboxylic acids is 2. The SMILES string of the molecule is O=C(CO)ON1CCOC1=O. The molecule has 0 unspecified atom stereocenters. The molecule has 62 valence electrons. The third-order valence-electron chi connectivity index (χ3n) is 1.06. The van der Waals surface area contributed by atoms with E-state index in [4.69, 9.17) is 5.11 Å². The Hall–Kier alpha value is -1.30. The third-order valence-corrected chi connectivity index (χ3v) is 1.06. The van der Waals surface area contributed by atoms with Crippen molar-refractivity contribution in [3.8, 4) is 0 Å². The van der Waals surface area contributed by atoms with Crippen LogP contribution in [0.15, 0.2) is 0 Å². The van der Waals surface area contributed by atoms with Crippen LogP contribution >= 0.6 is 0 Å². The summed E-state index contributed by atoms with van der Waals surface area (Å²) in [7, 11) is 0. The second kappa shape index (κ2) is 3.20. The van der Waals surface area contributed by atoms with E-state index in [-0.39, 0.29) is 13.2 Å². The molecule has 0 aliphatic carbocycles. The van der Waals surface area contributed by atoms with E-state index in [1.807, 2.05) is 0 Å². The summed E-state index contributed by atoms with van der Waals surface area (Å²) in [4.78, 5) is 25.3. The summed E-state index contributed by atoms with van der Waals surface area (Å²) in [5, 5.41) is 8.99. The van der Waals surface area contributed by atoms with Gasteiger partial charge < -0.3 is 14.7 Å². The Morgan fingerprint density at radius 3 is 3.00 bits per heavy atom. The normalized spacial score (nSPS) is 16.5. The van der Waals surface area contributed by atoms with Gasteiger partial charge in [0.15, 0.2) is 0 Å². The molecule has 1 N–H and O–H groups in total. The molecular weight excluding hydrogens is 154 g/mol. The van der Waals surface area contributed by atoms with Crippen LogP contribution < -0.4 is 0 Å². The smallest absolute Gasteiger partial charge is 0.443 e. The van der Waals surface area contributed by atoms with Crippen LogP contribution in [0.1, 0.15) is 0 Å². The molecule has 6 nitrogen and oxygen atoms in total. The van der Waals surface area contributed by atoms with Crippen molar-refractivity contribution in [1.29, 1.82) is 0 Å². The topological polar surface area (TPSA) is 76.1 Å². The fourth-order valence-corrected chi connectivity index (χ4v) is 0.614. The summed E-state index contributed by atoms with van der Waals surface area (Å²) in [5.41, 5.74) is 0. The highest BCUT2D eigenvalue weighted by molar-refractivity contribution is 5.74. The molecule has 1 saturated heterocycles. The van der Waals surface area contributed by atoms with Gasteiger partial charge in [0.1, 0.15) is 13.2 Å². The van der Waals surface area contributed by atoms with Crippen molar-refractivity contribution in [3.05, 3.63) is 0 Å². The van der Waals surface area contributed by atoms with Crippen LogP contribution in [-0.4, -0.2) is 42.0 Å². The molecule has 0 aromatic carbocycles. The number of rotatable bonds is 2. The van der Waals surface area contributed by atoms with E-state index in [2.05, 4.69) is 9.57 Å². The Bertz CT molecular complexity index is 180. The summed E-state index contributed by atoms with van der Waals surface area (Å²) in [6.45, 7) is -0.327. The van der Waals surface area contributed by atoms with Gasteiger partial charge in [0, 0.05) is 0 Å². The van der Waals surface area contributed by atoms with Crippen LogP contribution in [0.3, 0.4) is 0 Å². The molecule has 0 aromatic rings. The molecule has 0 aromatic heterocycles. The third kappa shape index (κ3) is 1.81. The minimum Gasteiger partial charge on any atom is -0.445 e. The van der Waals surface area contributed by atoms with Crippen LogP contribution in [0.5, 0.6) is 0 Å². The van der Waals surface area contributed by atoms with Crippen molar-refractivity contribution in [1.82, 2.24) is 5.06 Å². The fraction of sp³-hybridized carbons (Fsp3) is 0.600. The first kappa shape index (κ1) is 7.80. The Morgan fingerprint density at radius 1 is 1.82 bits per heavy atom. The Morgan fingerprint density at radius 2 is 2.55 bits per heavy atom. The zero-order valence-electron chi connectivity index (χ0n) is 5.65. The number of amides is 1. The summed E-state index contributed by atoms with van der Waals surface area (Å²) in [5.74, 6) is -0.871. The highest BCUT2D eigenvalue weighted by Gasteiger charge is 2.25. The summed E-state index contributed by atoms with van der Waals surface area (Å²) < 4.78 is 4.44. The van der Waals surface area contributed by atoms with Crippen molar-refractivity contribution in [2.75, 3.05) is 19.8 Å². The molecule has 1 amide bonds. The second-order valence-electron chi connectivity index (χ2n) is 1.84. The predicted octanol–water partition coefficient (Wildman–Crippen LogP) is -1.11. The van der Waals surface area contributed by atoms with Gasteiger partial charge in [-0.1, -0.05) is 0 Å². The van der Waals surface area contributed by atoms with Crippen molar-refractivity contribution in [2.24, 2.45) is 0 Å². The highest BCUT2D eigenvalue weighted by atomic mass is 16.8. The number of hydroxylamine groups is 2. The summed E-state index contributed by atoms with van der Waals surface area (Å²) >= 11 is 0. The second-order valence-corrected chi connectivity index (χ2v) is 1.84. The van der Waals surface area contributed by atoms with Crippen molar-refractivity contribution in [2.45, 2.75) is 0 Å². The lowest BCUT2D eigenvalue weighted by Gasteiger charge is -2.09. The Labute approximate surface area is 62.3 Å². The van der Waals surface area contributed by atoms with E-state index >= 15 is 0 Å². The molecule has 1 aliphatic heterocycles. The Balaban J connectivity index is 2.36. The van der Waals surface area contributed by atoms with Crippen molar-refractivity contribution < 1.29 is 24.3 Å². The molecule has 0 bridgehead atoms. The summed E-state index contributed by atoms with van der Waals surface area (Å²) in [6.07, 6.45) is -0.702. The van der Waals surface area contributed by atoms with Gasteiger partial charge in [-0.3, -0.25) is 0 Å². The van der Waals surface area contributed by atoms with Crippen LogP contribution in [0.25, 0.3) is 0 Å². The predicted molar refractivity (Wildman–Crippen MR) is 31.2 cm³/mol. The van der Waals surface area contributed by atoms with Gasteiger partial charge in [-0.2, -0.15) is 0 Å². The van der Waals surface area contributed by atoms with Gasteiger partial charge in [-0.05, 0) is 0 Å². The minimum absolute atomic E-state index is 0.206. The van der Waals surface area contributed by atoms with E-state index in [1.165, 1.54) is 0 Å². The molecule has 6 heteroatoms. The Kier molecular flexibility index (Phi) is 2.27. The lowest BCUT2D eigenvalue weighted by atomic mass is 10.7. The molecule has 0 atom stereocenters. The van der Waals surface area contributed by atoms with Gasteiger partial charge >= 0.3 is 12.1 Å². The molecule has 0 spiro atoms. The molecule has 11 heavy (non-hydrogen) atoms. The van der Waals surface area contributed by atoms with Gasteiger partial charge in [0.05, 0.1) is 6.54 Å². The minimum atomic E-state index is -0.871. The van der Waals surface area contributed by atoms with Crippen molar-refractivity contribution in [3.63, 3.8) is 0 Å². The number of carbonyl (C=O) groups is 2. The van der Waals surface area contributed by atoms with E-state index < -0.39 is 18.7 Å². The maximum absolute atomic E-state index is 10.6. The standard InChI is InChI=1S/C5H7NO5/c7-3-4(8)11-6-1-2-10-5(6)9/h7H,1-3H2. The van der Waals surface area contributed by atoms with Crippen LogP contribution in [0.4, 0.5) is 4.79 Å². The van der Waals surface area contributed by atoms with Gasteiger partial charge in [-0.25, -0.2) is 9.59 Å². The largest absolute Gasteiger partial charge is 0.445 e. The van der Waals surface area contributed by atoms with Gasteiger partial charge in [-0.15, -0.1) is 5.06 Å². The van der Waals surface area contributed by atoms with E-state index in [0.717, 1.165) is 5.06 Å².